The third-order valence-electron chi connectivity index (χ3n) is 5.40. The molecule has 1 aliphatic heterocycles. The molecule has 2 aromatic rings. The molecule has 1 saturated heterocycles. The number of anilines is 1. The summed E-state index contributed by atoms with van der Waals surface area (Å²) in [7, 11) is 1.50. The molecule has 2 aromatic carbocycles. The Morgan fingerprint density at radius 1 is 1.03 bits per heavy atom. The summed E-state index contributed by atoms with van der Waals surface area (Å²) in [5.74, 6) is -1.36. The van der Waals surface area contributed by atoms with Crippen molar-refractivity contribution in [1.82, 2.24) is 4.90 Å². The minimum absolute atomic E-state index is 0.317. The first-order valence-corrected chi connectivity index (χ1v) is 10.2. The standard InChI is InChI=1S/C23H25F3N2O4/c1-17(29)31-22(12-14-28(15-13-22)16-18-6-4-3-5-7-18)21(30)27(2)19-8-10-20(11-9-19)32-23(24,25)26/h3-11H,12-16H2,1-2H3. The molecule has 0 unspecified atom stereocenters. The molecule has 0 aromatic heterocycles. The number of piperidine rings is 1. The van der Waals surface area contributed by atoms with Crippen molar-refractivity contribution in [3.63, 3.8) is 0 Å². The summed E-state index contributed by atoms with van der Waals surface area (Å²) >= 11 is 0. The second kappa shape index (κ2) is 9.60. The highest BCUT2D eigenvalue weighted by atomic mass is 19.4. The van der Waals surface area contributed by atoms with Gasteiger partial charge in [-0.2, -0.15) is 0 Å². The van der Waals surface area contributed by atoms with Crippen LogP contribution in [0.3, 0.4) is 0 Å². The third-order valence-corrected chi connectivity index (χ3v) is 5.40. The first-order chi connectivity index (χ1) is 15.1. The summed E-state index contributed by atoms with van der Waals surface area (Å²) in [5.41, 5.74) is 0.189. The highest BCUT2D eigenvalue weighted by Gasteiger charge is 2.46. The van der Waals surface area contributed by atoms with E-state index in [0.29, 0.717) is 31.6 Å². The van der Waals surface area contributed by atoms with E-state index in [0.717, 1.165) is 24.2 Å². The monoisotopic (exact) mass is 450 g/mol. The Morgan fingerprint density at radius 2 is 1.62 bits per heavy atom. The van der Waals surface area contributed by atoms with Gasteiger partial charge >= 0.3 is 12.3 Å². The fourth-order valence-electron chi connectivity index (χ4n) is 3.84. The van der Waals surface area contributed by atoms with Gasteiger partial charge in [-0.3, -0.25) is 14.5 Å². The van der Waals surface area contributed by atoms with Gasteiger partial charge in [0, 0.05) is 52.1 Å². The predicted molar refractivity (Wildman–Crippen MR) is 112 cm³/mol. The van der Waals surface area contributed by atoms with Crippen LogP contribution < -0.4 is 9.64 Å². The van der Waals surface area contributed by atoms with Gasteiger partial charge in [-0.1, -0.05) is 30.3 Å². The molecule has 32 heavy (non-hydrogen) atoms. The summed E-state index contributed by atoms with van der Waals surface area (Å²) in [6, 6.07) is 14.9. The molecule has 0 bridgehead atoms. The Bertz CT molecular complexity index is 925. The lowest BCUT2D eigenvalue weighted by Crippen LogP contribution is -2.56. The van der Waals surface area contributed by atoms with Gasteiger partial charge in [0.05, 0.1) is 0 Å². The summed E-state index contributed by atoms with van der Waals surface area (Å²) < 4.78 is 46.5. The minimum Gasteiger partial charge on any atom is -0.449 e. The van der Waals surface area contributed by atoms with Crippen LogP contribution in [0.1, 0.15) is 25.3 Å². The first kappa shape index (κ1) is 23.6. The van der Waals surface area contributed by atoms with Crippen LogP contribution in [0.25, 0.3) is 0 Å². The summed E-state index contributed by atoms with van der Waals surface area (Å²) in [4.78, 5) is 28.6. The maximum atomic E-state index is 13.4. The third kappa shape index (κ3) is 6.00. The van der Waals surface area contributed by atoms with Gasteiger partial charge in [0.1, 0.15) is 5.75 Å². The molecule has 9 heteroatoms. The topological polar surface area (TPSA) is 59.1 Å². The summed E-state index contributed by atoms with van der Waals surface area (Å²) in [6.07, 6.45) is -4.16. The summed E-state index contributed by atoms with van der Waals surface area (Å²) in [5, 5.41) is 0. The number of hydrogen-bond donors (Lipinski definition) is 0. The number of nitrogens with zero attached hydrogens (tertiary/aromatic N) is 2. The lowest BCUT2D eigenvalue weighted by molar-refractivity contribution is -0.274. The highest BCUT2D eigenvalue weighted by Crippen LogP contribution is 2.32. The lowest BCUT2D eigenvalue weighted by Gasteiger charge is -2.41. The van der Waals surface area contributed by atoms with Crippen molar-refractivity contribution in [2.24, 2.45) is 0 Å². The van der Waals surface area contributed by atoms with E-state index in [2.05, 4.69) is 9.64 Å². The van der Waals surface area contributed by atoms with Crippen LogP contribution in [-0.2, 0) is 20.9 Å². The Labute approximate surface area is 184 Å². The lowest BCUT2D eigenvalue weighted by atomic mass is 9.89. The van der Waals surface area contributed by atoms with Gasteiger partial charge < -0.3 is 14.4 Å². The number of amides is 1. The number of ether oxygens (including phenoxy) is 2. The van der Waals surface area contributed by atoms with Crippen molar-refractivity contribution >= 4 is 17.6 Å². The quantitative estimate of drug-likeness (QED) is 0.619. The number of esters is 1. The molecule has 1 fully saturated rings. The average molecular weight is 450 g/mol. The maximum absolute atomic E-state index is 13.4. The zero-order valence-electron chi connectivity index (χ0n) is 17.9. The Balaban J connectivity index is 1.71. The van der Waals surface area contributed by atoms with E-state index in [1.807, 2.05) is 30.3 Å². The normalized spacial score (nSPS) is 16.3. The molecule has 0 spiro atoms. The van der Waals surface area contributed by atoms with Gasteiger partial charge in [-0.05, 0) is 29.8 Å². The summed E-state index contributed by atoms with van der Waals surface area (Å²) in [6.45, 7) is 3.09. The number of halogens is 3. The molecular formula is C23H25F3N2O4. The van der Waals surface area contributed by atoms with E-state index in [-0.39, 0.29) is 5.75 Å². The molecule has 3 rings (SSSR count). The molecule has 0 radical (unpaired) electrons. The molecule has 0 atom stereocenters. The molecule has 0 N–H and O–H groups in total. The number of benzene rings is 2. The van der Waals surface area contributed by atoms with Gasteiger partial charge in [0.25, 0.3) is 5.91 Å². The minimum atomic E-state index is -4.80. The zero-order chi connectivity index (χ0) is 23.4. The number of likely N-dealkylation sites (N-methyl/N-ethyl adjacent to an activating group) is 1. The molecule has 0 saturated carbocycles. The average Bonchev–Trinajstić information content (AvgIpc) is 2.74. The highest BCUT2D eigenvalue weighted by molar-refractivity contribution is 6.00. The maximum Gasteiger partial charge on any atom is 0.573 e. The number of likely N-dealkylation sites (tertiary alicyclic amines) is 1. The van der Waals surface area contributed by atoms with E-state index >= 15 is 0 Å². The van der Waals surface area contributed by atoms with E-state index < -0.39 is 23.8 Å². The van der Waals surface area contributed by atoms with E-state index in [1.54, 1.807) is 0 Å². The van der Waals surface area contributed by atoms with E-state index in [9.17, 15) is 22.8 Å². The molecule has 0 aliphatic carbocycles. The Kier molecular flexibility index (Phi) is 7.08. The predicted octanol–water partition coefficient (Wildman–Crippen LogP) is 4.15. The molecule has 1 amide bonds. The SMILES string of the molecule is CC(=O)OC1(C(=O)N(C)c2ccc(OC(F)(F)F)cc2)CCN(Cc2ccccc2)CC1. The van der Waals surface area contributed by atoms with Gasteiger partial charge in [0.15, 0.2) is 5.60 Å². The molecule has 1 heterocycles. The van der Waals surface area contributed by atoms with Gasteiger partial charge in [-0.15, -0.1) is 13.2 Å². The smallest absolute Gasteiger partial charge is 0.449 e. The van der Waals surface area contributed by atoms with Crippen LogP contribution in [0.2, 0.25) is 0 Å². The van der Waals surface area contributed by atoms with Crippen molar-refractivity contribution in [3.05, 3.63) is 60.2 Å². The van der Waals surface area contributed by atoms with Crippen LogP contribution in [0, 0.1) is 0 Å². The van der Waals surface area contributed by atoms with Crippen LogP contribution in [-0.4, -0.2) is 48.9 Å². The first-order valence-electron chi connectivity index (χ1n) is 10.2. The number of carbonyl (C=O) groups excluding carboxylic acids is 2. The fraction of sp³-hybridized carbons (Fsp3) is 0.391. The Morgan fingerprint density at radius 3 is 2.16 bits per heavy atom. The van der Waals surface area contributed by atoms with Crippen molar-refractivity contribution < 1.29 is 32.2 Å². The van der Waals surface area contributed by atoms with Crippen LogP contribution >= 0.6 is 0 Å². The van der Waals surface area contributed by atoms with Crippen LogP contribution in [0.5, 0.6) is 5.75 Å². The van der Waals surface area contributed by atoms with Gasteiger partial charge in [0.2, 0.25) is 0 Å². The van der Waals surface area contributed by atoms with Crippen molar-refractivity contribution in [1.29, 1.82) is 0 Å². The van der Waals surface area contributed by atoms with E-state index in [4.69, 9.17) is 4.74 Å². The molecule has 172 valence electrons. The van der Waals surface area contributed by atoms with Crippen LogP contribution in [0.4, 0.5) is 18.9 Å². The fourth-order valence-corrected chi connectivity index (χ4v) is 3.84. The van der Waals surface area contributed by atoms with E-state index in [1.165, 1.54) is 31.0 Å². The number of carbonyl (C=O) groups is 2. The Hall–Kier alpha value is -3.07. The van der Waals surface area contributed by atoms with Gasteiger partial charge in [-0.25, -0.2) is 0 Å². The molecule has 1 aliphatic rings. The van der Waals surface area contributed by atoms with Crippen molar-refractivity contribution in [2.75, 3.05) is 25.0 Å². The number of alkyl halides is 3. The largest absolute Gasteiger partial charge is 0.573 e. The number of rotatable bonds is 6. The van der Waals surface area contributed by atoms with Crippen molar-refractivity contribution in [2.45, 2.75) is 38.3 Å². The molecule has 6 nitrogen and oxygen atoms in total. The van der Waals surface area contributed by atoms with Crippen molar-refractivity contribution in [3.8, 4) is 5.75 Å². The molecular weight excluding hydrogens is 425 g/mol. The second-order valence-electron chi connectivity index (χ2n) is 7.76. The number of hydrogen-bond acceptors (Lipinski definition) is 5. The van der Waals surface area contributed by atoms with Crippen LogP contribution in [0.15, 0.2) is 54.6 Å². The zero-order valence-corrected chi connectivity index (χ0v) is 17.9. The second-order valence-corrected chi connectivity index (χ2v) is 7.76.